The van der Waals surface area contributed by atoms with Gasteiger partial charge in [-0.15, -0.1) is 5.10 Å². The monoisotopic (exact) mass is 489 g/mol. The van der Waals surface area contributed by atoms with Crippen molar-refractivity contribution in [2.45, 2.75) is 38.0 Å². The van der Waals surface area contributed by atoms with Gasteiger partial charge in [0.05, 0.1) is 24.7 Å². The number of amides is 1. The normalized spacial score (nSPS) is 17.6. The van der Waals surface area contributed by atoms with Gasteiger partial charge in [-0.25, -0.2) is 13.2 Å². The van der Waals surface area contributed by atoms with Crippen molar-refractivity contribution in [2.75, 3.05) is 17.7 Å². The first-order valence-corrected chi connectivity index (χ1v) is 10.9. The number of ether oxygens (including phenoxy) is 1. The third kappa shape index (κ3) is 5.94. The maximum absolute atomic E-state index is 13.8. The fourth-order valence-electron chi connectivity index (χ4n) is 3.99. The van der Waals surface area contributed by atoms with E-state index in [2.05, 4.69) is 25.8 Å². The van der Waals surface area contributed by atoms with Crippen molar-refractivity contribution in [3.8, 4) is 0 Å². The number of rotatable bonds is 7. The molecule has 1 saturated carbocycles. The molecule has 35 heavy (non-hydrogen) atoms. The molecule has 3 aromatic rings. The van der Waals surface area contributed by atoms with Crippen molar-refractivity contribution in [2.24, 2.45) is 5.92 Å². The fraction of sp³-hybridized carbons (Fsp3) is 0.348. The molecule has 0 aliphatic heterocycles. The van der Waals surface area contributed by atoms with Crippen LogP contribution in [0.2, 0.25) is 0 Å². The topological polar surface area (TPSA) is 119 Å². The molecule has 1 amide bonds. The summed E-state index contributed by atoms with van der Waals surface area (Å²) in [6, 6.07) is 4.11. The molecule has 0 bridgehead atoms. The van der Waals surface area contributed by atoms with Crippen LogP contribution in [-0.2, 0) is 9.53 Å². The van der Waals surface area contributed by atoms with E-state index >= 15 is 0 Å². The predicted molar refractivity (Wildman–Crippen MR) is 117 cm³/mol. The molecule has 0 radical (unpaired) electrons. The molecule has 4 rings (SSSR count). The number of nitrogens with one attached hydrogen (secondary N) is 2. The van der Waals surface area contributed by atoms with Crippen molar-refractivity contribution in [1.82, 2.24) is 15.2 Å². The molecule has 0 atom stereocenters. The number of pyridine rings is 1. The largest absolute Gasteiger partial charge is 0.469 e. The van der Waals surface area contributed by atoms with Crippen LogP contribution in [0, 0.1) is 23.4 Å². The summed E-state index contributed by atoms with van der Waals surface area (Å²) in [5.41, 5.74) is 0.869. The number of anilines is 3. The zero-order chi connectivity index (χ0) is 24.9. The van der Waals surface area contributed by atoms with E-state index in [0.717, 1.165) is 31.4 Å². The highest BCUT2D eigenvalue weighted by Crippen LogP contribution is 2.36. The first kappa shape index (κ1) is 24.2. The number of hydrogen-bond acceptors (Lipinski definition) is 8. The van der Waals surface area contributed by atoms with E-state index in [1.54, 1.807) is 6.07 Å². The van der Waals surface area contributed by atoms with Gasteiger partial charge < -0.3 is 19.8 Å². The van der Waals surface area contributed by atoms with Crippen molar-refractivity contribution < 1.29 is 31.9 Å². The molecule has 9 nitrogen and oxygen atoms in total. The van der Waals surface area contributed by atoms with E-state index in [-0.39, 0.29) is 17.9 Å². The lowest BCUT2D eigenvalue weighted by Gasteiger charge is -2.27. The van der Waals surface area contributed by atoms with Crippen LogP contribution in [0.4, 0.5) is 30.6 Å². The number of aromatic nitrogens is 3. The Morgan fingerprint density at radius 2 is 1.80 bits per heavy atom. The average molecular weight is 489 g/mol. The van der Waals surface area contributed by atoms with Gasteiger partial charge in [0.15, 0.2) is 11.6 Å². The second-order valence-corrected chi connectivity index (χ2v) is 8.21. The number of carbonyl (C=O) groups excluding carboxylic acids is 2. The Morgan fingerprint density at radius 1 is 1.06 bits per heavy atom. The standard InChI is InChI=1S/C23H22F3N5O4/c1-34-20(32)8-12-2-4-13(5-3-12)18-7-6-14(11-27-18)28-21(33)22-30-31-23(35-22)29-19-10-16(25)15(24)9-17(19)26/h6-7,9-13H,2-5,8H2,1H3,(H,28,33)(H,29,31)/t12-,13-. The number of esters is 1. The number of hydrogen-bond donors (Lipinski definition) is 2. The lowest BCUT2D eigenvalue weighted by Crippen LogP contribution is -2.18. The van der Waals surface area contributed by atoms with Gasteiger partial charge in [0.25, 0.3) is 0 Å². The van der Waals surface area contributed by atoms with Gasteiger partial charge in [0, 0.05) is 30.2 Å². The summed E-state index contributed by atoms with van der Waals surface area (Å²) in [5, 5.41) is 12.0. The summed E-state index contributed by atoms with van der Waals surface area (Å²) in [7, 11) is 1.39. The highest BCUT2D eigenvalue weighted by atomic mass is 19.2. The number of benzene rings is 1. The minimum Gasteiger partial charge on any atom is -0.469 e. The maximum Gasteiger partial charge on any atom is 0.320 e. The highest BCUT2D eigenvalue weighted by molar-refractivity contribution is 6.00. The van der Waals surface area contributed by atoms with Crippen LogP contribution in [0.3, 0.4) is 0 Å². The molecule has 1 aliphatic carbocycles. The minimum absolute atomic E-state index is 0.188. The Labute approximate surface area is 198 Å². The molecule has 0 saturated heterocycles. The van der Waals surface area contributed by atoms with Crippen LogP contribution in [-0.4, -0.2) is 34.2 Å². The van der Waals surface area contributed by atoms with Gasteiger partial charge in [-0.3, -0.25) is 14.6 Å². The Bertz CT molecular complexity index is 1210. The van der Waals surface area contributed by atoms with Gasteiger partial charge in [0.2, 0.25) is 0 Å². The van der Waals surface area contributed by atoms with Crippen LogP contribution < -0.4 is 10.6 Å². The zero-order valence-corrected chi connectivity index (χ0v) is 18.7. The average Bonchev–Trinajstić information content (AvgIpc) is 3.32. The number of nitrogens with zero attached hydrogens (tertiary/aromatic N) is 3. The highest BCUT2D eigenvalue weighted by Gasteiger charge is 2.25. The number of halogens is 3. The van der Waals surface area contributed by atoms with Gasteiger partial charge in [-0.05, 0) is 43.7 Å². The van der Waals surface area contributed by atoms with Crippen molar-refractivity contribution >= 4 is 29.3 Å². The lowest BCUT2D eigenvalue weighted by molar-refractivity contribution is -0.142. The molecule has 1 aliphatic rings. The maximum atomic E-state index is 13.8. The SMILES string of the molecule is COC(=O)C[C@H]1CC[C@H](c2ccc(NC(=O)c3nnc(Nc4cc(F)c(F)cc4F)o3)cn2)CC1. The van der Waals surface area contributed by atoms with Crippen molar-refractivity contribution in [3.05, 3.63) is 59.5 Å². The summed E-state index contributed by atoms with van der Waals surface area (Å²) in [6.45, 7) is 0. The molecule has 184 valence electrons. The Balaban J connectivity index is 1.32. The van der Waals surface area contributed by atoms with Gasteiger partial charge in [-0.2, -0.15) is 0 Å². The van der Waals surface area contributed by atoms with Crippen molar-refractivity contribution in [3.63, 3.8) is 0 Å². The Kier molecular flexibility index (Phi) is 7.28. The molecule has 1 aromatic carbocycles. The van der Waals surface area contributed by atoms with Crippen LogP contribution >= 0.6 is 0 Å². The predicted octanol–water partition coefficient (Wildman–Crippen LogP) is 4.71. The molecule has 12 heteroatoms. The van der Waals surface area contributed by atoms with E-state index in [1.807, 2.05) is 6.07 Å². The first-order chi connectivity index (χ1) is 16.8. The van der Waals surface area contributed by atoms with Gasteiger partial charge in [-0.1, -0.05) is 5.10 Å². The van der Waals surface area contributed by atoms with Crippen LogP contribution in [0.1, 0.15) is 54.4 Å². The van der Waals surface area contributed by atoms with Crippen LogP contribution in [0.5, 0.6) is 0 Å². The number of methoxy groups -OCH3 is 1. The quantitative estimate of drug-likeness (QED) is 0.362. The first-order valence-electron chi connectivity index (χ1n) is 10.9. The van der Waals surface area contributed by atoms with Crippen molar-refractivity contribution in [1.29, 1.82) is 0 Å². The minimum atomic E-state index is -1.34. The smallest absolute Gasteiger partial charge is 0.320 e. The summed E-state index contributed by atoms with van der Waals surface area (Å²) in [5.74, 6) is -4.43. The van der Waals surface area contributed by atoms with Gasteiger partial charge in [0.1, 0.15) is 5.82 Å². The van der Waals surface area contributed by atoms with E-state index in [4.69, 9.17) is 9.15 Å². The Hall–Kier alpha value is -3.96. The second-order valence-electron chi connectivity index (χ2n) is 8.21. The molecule has 2 N–H and O–H groups in total. The molecule has 0 unspecified atom stereocenters. The molecular formula is C23H22F3N5O4. The second kappa shape index (κ2) is 10.5. The summed E-state index contributed by atoms with van der Waals surface area (Å²) in [4.78, 5) is 28.3. The molecule has 0 spiro atoms. The molecular weight excluding hydrogens is 467 g/mol. The zero-order valence-electron chi connectivity index (χ0n) is 18.7. The van der Waals surface area contributed by atoms with E-state index < -0.39 is 34.9 Å². The summed E-state index contributed by atoms with van der Waals surface area (Å²) < 4.78 is 50.0. The van der Waals surface area contributed by atoms with E-state index in [0.29, 0.717) is 30.2 Å². The van der Waals surface area contributed by atoms with Crippen LogP contribution in [0.15, 0.2) is 34.9 Å². The third-order valence-electron chi connectivity index (χ3n) is 5.86. The lowest BCUT2D eigenvalue weighted by atomic mass is 9.79. The molecule has 2 heterocycles. The fourth-order valence-corrected chi connectivity index (χ4v) is 3.99. The third-order valence-corrected chi connectivity index (χ3v) is 5.86. The van der Waals surface area contributed by atoms with Gasteiger partial charge >= 0.3 is 23.8 Å². The van der Waals surface area contributed by atoms with E-state index in [1.165, 1.54) is 13.3 Å². The van der Waals surface area contributed by atoms with Crippen LogP contribution in [0.25, 0.3) is 0 Å². The summed E-state index contributed by atoms with van der Waals surface area (Å²) in [6.07, 6.45) is 5.61. The summed E-state index contributed by atoms with van der Waals surface area (Å²) >= 11 is 0. The van der Waals surface area contributed by atoms with E-state index in [9.17, 15) is 22.8 Å². The number of carbonyl (C=O) groups is 2. The molecule has 2 aromatic heterocycles. The Morgan fingerprint density at radius 3 is 2.49 bits per heavy atom. The molecule has 1 fully saturated rings.